The molecular weight excluding hydrogens is 358 g/mol. The molecule has 7 nitrogen and oxygen atoms in total. The van der Waals surface area contributed by atoms with E-state index in [9.17, 15) is 9.59 Å². The molecular formula is C21H27N3O4. The van der Waals surface area contributed by atoms with Crippen LogP contribution in [0.1, 0.15) is 15.9 Å². The van der Waals surface area contributed by atoms with E-state index in [1.54, 1.807) is 18.2 Å². The lowest BCUT2D eigenvalue weighted by Gasteiger charge is -2.17. The third-order valence-electron chi connectivity index (χ3n) is 4.17. The largest absolute Gasteiger partial charge is 0.493 e. The summed E-state index contributed by atoms with van der Waals surface area (Å²) in [6.45, 7) is 1.95. The zero-order valence-corrected chi connectivity index (χ0v) is 16.5. The molecule has 0 aliphatic carbocycles. The van der Waals surface area contributed by atoms with Crippen molar-refractivity contribution in [3.05, 3.63) is 59.7 Å². The molecule has 0 aliphatic rings. The number of nitrogens with zero attached hydrogens (tertiary/aromatic N) is 1. The molecule has 2 amide bonds. The molecule has 28 heavy (non-hydrogen) atoms. The average Bonchev–Trinajstić information content (AvgIpc) is 2.72. The number of hydrogen-bond donors (Lipinski definition) is 2. The van der Waals surface area contributed by atoms with Crippen LogP contribution in [0.5, 0.6) is 11.5 Å². The van der Waals surface area contributed by atoms with Crippen LogP contribution in [0, 0.1) is 0 Å². The first-order valence-electron chi connectivity index (χ1n) is 9.03. The van der Waals surface area contributed by atoms with E-state index >= 15 is 0 Å². The normalized spacial score (nSPS) is 10.4. The van der Waals surface area contributed by atoms with Crippen LogP contribution >= 0.6 is 0 Å². The molecule has 0 atom stereocenters. The van der Waals surface area contributed by atoms with E-state index in [0.717, 1.165) is 6.54 Å². The maximum absolute atomic E-state index is 12.2. The summed E-state index contributed by atoms with van der Waals surface area (Å²) in [6.07, 6.45) is 0. The molecule has 0 spiro atoms. The number of nitrogens with one attached hydrogen (secondary N) is 2. The molecule has 0 aliphatic heterocycles. The van der Waals surface area contributed by atoms with Crippen LogP contribution in [0.2, 0.25) is 0 Å². The Hall–Kier alpha value is -3.06. The summed E-state index contributed by atoms with van der Waals surface area (Å²) in [6, 6.07) is 15.0. The van der Waals surface area contributed by atoms with Crippen LogP contribution in [-0.2, 0) is 11.3 Å². The number of benzene rings is 2. The number of likely N-dealkylation sites (N-methyl/N-ethyl adjacent to an activating group) is 1. The number of carbonyl (C=O) groups excluding carboxylic acids is 2. The smallest absolute Gasteiger partial charge is 0.251 e. The van der Waals surface area contributed by atoms with Crippen molar-refractivity contribution < 1.29 is 19.1 Å². The van der Waals surface area contributed by atoms with E-state index in [4.69, 9.17) is 9.47 Å². The molecule has 2 rings (SSSR count). The van der Waals surface area contributed by atoms with Crippen LogP contribution in [0.15, 0.2) is 48.5 Å². The third kappa shape index (κ3) is 6.59. The lowest BCUT2D eigenvalue weighted by Crippen LogP contribution is -2.39. The van der Waals surface area contributed by atoms with Crippen LogP contribution in [0.25, 0.3) is 0 Å². The Labute approximate surface area is 165 Å². The molecule has 2 aromatic carbocycles. The number of ether oxygens (including phenoxy) is 2. The van der Waals surface area contributed by atoms with Gasteiger partial charge in [0.15, 0.2) is 11.5 Å². The minimum Gasteiger partial charge on any atom is -0.493 e. The van der Waals surface area contributed by atoms with Gasteiger partial charge in [-0.05, 0) is 30.8 Å². The van der Waals surface area contributed by atoms with Crippen molar-refractivity contribution in [1.82, 2.24) is 15.5 Å². The Bertz CT molecular complexity index is 780. The fourth-order valence-corrected chi connectivity index (χ4v) is 2.66. The summed E-state index contributed by atoms with van der Waals surface area (Å²) < 4.78 is 10.3. The van der Waals surface area contributed by atoms with Crippen LogP contribution in [-0.4, -0.2) is 57.6 Å². The molecule has 2 N–H and O–H groups in total. The van der Waals surface area contributed by atoms with Gasteiger partial charge in [0.1, 0.15) is 0 Å². The Balaban J connectivity index is 1.71. The molecule has 0 bridgehead atoms. The zero-order chi connectivity index (χ0) is 20.4. The second-order valence-electron chi connectivity index (χ2n) is 6.33. The van der Waals surface area contributed by atoms with E-state index in [1.165, 1.54) is 19.8 Å². The van der Waals surface area contributed by atoms with Gasteiger partial charge < -0.3 is 25.0 Å². The van der Waals surface area contributed by atoms with Crippen LogP contribution in [0.3, 0.4) is 0 Å². The molecule has 2 aromatic rings. The van der Waals surface area contributed by atoms with E-state index in [-0.39, 0.29) is 18.4 Å². The number of hydrogen-bond acceptors (Lipinski definition) is 5. The highest BCUT2D eigenvalue weighted by Gasteiger charge is 2.12. The number of carbonyl (C=O) groups is 2. The van der Waals surface area contributed by atoms with Crippen molar-refractivity contribution in [2.75, 3.05) is 40.9 Å². The van der Waals surface area contributed by atoms with E-state index in [2.05, 4.69) is 27.7 Å². The van der Waals surface area contributed by atoms with Crippen molar-refractivity contribution >= 4 is 11.8 Å². The molecule has 0 saturated carbocycles. The molecule has 0 fully saturated rings. The number of amides is 2. The molecule has 0 unspecified atom stereocenters. The van der Waals surface area contributed by atoms with Crippen molar-refractivity contribution in [2.24, 2.45) is 0 Å². The maximum atomic E-state index is 12.2. The summed E-state index contributed by atoms with van der Waals surface area (Å²) in [7, 11) is 5.03. The van der Waals surface area contributed by atoms with Crippen molar-refractivity contribution in [3.8, 4) is 11.5 Å². The predicted octanol–water partition coefficient (Wildman–Crippen LogP) is 1.68. The highest BCUT2D eigenvalue weighted by Crippen LogP contribution is 2.27. The summed E-state index contributed by atoms with van der Waals surface area (Å²) in [4.78, 5) is 26.3. The van der Waals surface area contributed by atoms with Gasteiger partial charge in [0.25, 0.3) is 5.91 Å². The quantitative estimate of drug-likeness (QED) is 0.651. The van der Waals surface area contributed by atoms with E-state index in [1.807, 2.05) is 25.2 Å². The van der Waals surface area contributed by atoms with Gasteiger partial charge >= 0.3 is 0 Å². The molecule has 0 aromatic heterocycles. The average molecular weight is 385 g/mol. The predicted molar refractivity (Wildman–Crippen MR) is 108 cm³/mol. The molecule has 0 saturated heterocycles. The van der Waals surface area contributed by atoms with Crippen molar-refractivity contribution in [3.63, 3.8) is 0 Å². The first-order valence-corrected chi connectivity index (χ1v) is 9.03. The van der Waals surface area contributed by atoms with Gasteiger partial charge in [-0.2, -0.15) is 0 Å². The monoisotopic (exact) mass is 385 g/mol. The van der Waals surface area contributed by atoms with E-state index in [0.29, 0.717) is 30.2 Å². The van der Waals surface area contributed by atoms with E-state index < -0.39 is 0 Å². The Morgan fingerprint density at radius 2 is 1.68 bits per heavy atom. The fraction of sp³-hybridized carbons (Fsp3) is 0.333. The topological polar surface area (TPSA) is 79.9 Å². The number of methoxy groups -OCH3 is 2. The first-order chi connectivity index (χ1) is 13.5. The summed E-state index contributed by atoms with van der Waals surface area (Å²) in [5, 5.41) is 5.41. The van der Waals surface area contributed by atoms with Gasteiger partial charge in [-0.15, -0.1) is 0 Å². The standard InChI is InChI=1S/C21H27N3O4/c1-24(15-16-7-5-4-6-8-16)12-11-22-20(25)14-23-21(26)17-9-10-18(27-2)19(13-17)28-3/h4-10,13H,11-12,14-15H2,1-3H3,(H,22,25)(H,23,26). The van der Waals surface area contributed by atoms with Crippen LogP contribution in [0.4, 0.5) is 0 Å². The lowest BCUT2D eigenvalue weighted by atomic mass is 10.2. The summed E-state index contributed by atoms with van der Waals surface area (Å²) >= 11 is 0. The zero-order valence-electron chi connectivity index (χ0n) is 16.5. The molecule has 0 heterocycles. The molecule has 7 heteroatoms. The molecule has 0 radical (unpaired) electrons. The first kappa shape index (κ1) is 21.2. The fourth-order valence-electron chi connectivity index (χ4n) is 2.66. The van der Waals surface area contributed by atoms with Crippen molar-refractivity contribution in [1.29, 1.82) is 0 Å². The molecule has 150 valence electrons. The summed E-state index contributed by atoms with van der Waals surface area (Å²) in [5.41, 5.74) is 1.62. The second-order valence-corrected chi connectivity index (χ2v) is 6.33. The number of rotatable bonds is 10. The maximum Gasteiger partial charge on any atom is 0.251 e. The van der Waals surface area contributed by atoms with Gasteiger partial charge in [-0.25, -0.2) is 0 Å². The van der Waals surface area contributed by atoms with Gasteiger partial charge in [-0.1, -0.05) is 30.3 Å². The third-order valence-corrected chi connectivity index (χ3v) is 4.17. The van der Waals surface area contributed by atoms with Gasteiger partial charge in [0, 0.05) is 25.2 Å². The lowest BCUT2D eigenvalue weighted by molar-refractivity contribution is -0.120. The minimum atomic E-state index is -0.350. The second kappa shape index (κ2) is 10.9. The Morgan fingerprint density at radius 3 is 2.36 bits per heavy atom. The van der Waals surface area contributed by atoms with Crippen molar-refractivity contribution in [2.45, 2.75) is 6.54 Å². The van der Waals surface area contributed by atoms with Gasteiger partial charge in [0.05, 0.1) is 20.8 Å². The van der Waals surface area contributed by atoms with Crippen LogP contribution < -0.4 is 20.1 Å². The highest BCUT2D eigenvalue weighted by atomic mass is 16.5. The minimum absolute atomic E-state index is 0.0877. The SMILES string of the molecule is COc1ccc(C(=O)NCC(=O)NCCN(C)Cc2ccccc2)cc1OC. The van der Waals surface area contributed by atoms with Gasteiger partial charge in [0.2, 0.25) is 5.91 Å². The highest BCUT2D eigenvalue weighted by molar-refractivity contribution is 5.97. The Morgan fingerprint density at radius 1 is 0.964 bits per heavy atom. The summed E-state index contributed by atoms with van der Waals surface area (Å²) in [5.74, 6) is 0.414. The Kier molecular flexibility index (Phi) is 8.30. The van der Waals surface area contributed by atoms with Gasteiger partial charge in [-0.3, -0.25) is 9.59 Å².